The summed E-state index contributed by atoms with van der Waals surface area (Å²) in [5.74, 6) is 1.43. The highest BCUT2D eigenvalue weighted by Crippen LogP contribution is 2.46. The van der Waals surface area contributed by atoms with Gasteiger partial charge in [-0.15, -0.1) is 0 Å². The van der Waals surface area contributed by atoms with Crippen molar-refractivity contribution in [1.29, 1.82) is 0 Å². The Morgan fingerprint density at radius 1 is 0.919 bits per heavy atom. The number of para-hydroxylation sites is 2. The third-order valence-corrected chi connectivity index (χ3v) is 7.21. The van der Waals surface area contributed by atoms with Gasteiger partial charge in [-0.2, -0.15) is 0 Å². The number of methoxy groups -OCH3 is 1. The Kier molecular flexibility index (Phi) is 4.84. The van der Waals surface area contributed by atoms with E-state index in [1.165, 1.54) is 0 Å². The molecule has 0 amide bonds. The van der Waals surface area contributed by atoms with Crippen LogP contribution >= 0.6 is 11.6 Å². The number of benzene rings is 3. The summed E-state index contributed by atoms with van der Waals surface area (Å²) in [7, 11) is 1.61. The molecule has 7 rings (SSSR count). The van der Waals surface area contributed by atoms with Crippen LogP contribution in [0.25, 0.3) is 27.9 Å². The lowest BCUT2D eigenvalue weighted by Crippen LogP contribution is -2.25. The first-order valence-electron chi connectivity index (χ1n) is 11.9. The van der Waals surface area contributed by atoms with Crippen molar-refractivity contribution in [2.24, 2.45) is 0 Å². The van der Waals surface area contributed by atoms with Crippen molar-refractivity contribution >= 4 is 39.6 Å². The van der Waals surface area contributed by atoms with Gasteiger partial charge in [0.15, 0.2) is 0 Å². The van der Waals surface area contributed by atoms with Crippen molar-refractivity contribution in [2.45, 2.75) is 6.17 Å². The summed E-state index contributed by atoms with van der Waals surface area (Å²) in [6, 6.07) is 29.0. The van der Waals surface area contributed by atoms with Crippen molar-refractivity contribution < 1.29 is 9.53 Å². The van der Waals surface area contributed by atoms with E-state index in [4.69, 9.17) is 21.3 Å². The van der Waals surface area contributed by atoms with Gasteiger partial charge in [-0.25, -0.2) is 4.98 Å². The third kappa shape index (κ3) is 3.26. The molecule has 0 radical (unpaired) electrons. The molecule has 0 unspecified atom stereocenters. The van der Waals surface area contributed by atoms with E-state index in [1.807, 2.05) is 71.3 Å². The van der Waals surface area contributed by atoms with Crippen molar-refractivity contribution in [1.82, 2.24) is 14.0 Å². The number of hydrogen-bond donors (Lipinski definition) is 1. The number of carbonyl (C=O) groups is 1. The molecule has 180 valence electrons. The molecule has 0 fully saturated rings. The number of aromatic nitrogens is 3. The van der Waals surface area contributed by atoms with Crippen molar-refractivity contribution in [2.75, 3.05) is 12.4 Å². The van der Waals surface area contributed by atoms with Crippen LogP contribution in [-0.4, -0.2) is 26.8 Å². The van der Waals surface area contributed by atoms with Crippen LogP contribution in [-0.2, 0) is 0 Å². The van der Waals surface area contributed by atoms with E-state index in [2.05, 4.69) is 16.0 Å². The van der Waals surface area contributed by atoms with E-state index in [1.54, 1.807) is 31.4 Å². The molecule has 6 nitrogen and oxygen atoms in total. The van der Waals surface area contributed by atoms with Crippen LogP contribution in [0.4, 0.5) is 5.69 Å². The number of nitrogens with zero attached hydrogens (tertiary/aromatic N) is 3. The fraction of sp³-hybridized carbons (Fsp3) is 0.0667. The first-order valence-corrected chi connectivity index (χ1v) is 12.3. The van der Waals surface area contributed by atoms with Crippen molar-refractivity contribution in [3.63, 3.8) is 0 Å². The molecule has 6 aromatic rings. The van der Waals surface area contributed by atoms with Crippen LogP contribution in [0.2, 0.25) is 5.02 Å². The largest absolute Gasteiger partial charge is 0.497 e. The topological polar surface area (TPSA) is 60.6 Å². The molecule has 0 saturated carbocycles. The highest BCUT2D eigenvalue weighted by molar-refractivity contribution is 6.30. The molecule has 1 aliphatic rings. The maximum atomic E-state index is 14.0. The predicted octanol–water partition coefficient (Wildman–Crippen LogP) is 6.82. The first kappa shape index (κ1) is 21.7. The molecule has 0 saturated heterocycles. The van der Waals surface area contributed by atoms with Crippen LogP contribution in [0, 0.1) is 0 Å². The Labute approximate surface area is 217 Å². The van der Waals surface area contributed by atoms with Gasteiger partial charge in [0.1, 0.15) is 23.4 Å². The molecule has 0 spiro atoms. The van der Waals surface area contributed by atoms with Crippen molar-refractivity contribution in [3.05, 3.63) is 119 Å². The molecule has 3 aromatic heterocycles. The van der Waals surface area contributed by atoms with Crippen LogP contribution in [0.3, 0.4) is 0 Å². The van der Waals surface area contributed by atoms with E-state index in [0.29, 0.717) is 22.0 Å². The number of nitrogens with one attached hydrogen (secondary N) is 1. The van der Waals surface area contributed by atoms with Crippen LogP contribution in [0.1, 0.15) is 27.8 Å². The van der Waals surface area contributed by atoms with Gasteiger partial charge in [0.25, 0.3) is 0 Å². The number of carbonyl (C=O) groups excluding carboxylic acids is 1. The molecular formula is C30H21ClN4O2. The second-order valence-electron chi connectivity index (χ2n) is 9.00. The summed E-state index contributed by atoms with van der Waals surface area (Å²) in [5.41, 5.74) is 6.63. The van der Waals surface area contributed by atoms with E-state index in [9.17, 15) is 4.79 Å². The third-order valence-electron chi connectivity index (χ3n) is 6.96. The minimum atomic E-state index is -0.285. The Bertz CT molecular complexity index is 1820. The molecule has 7 heteroatoms. The Balaban J connectivity index is 1.52. The molecule has 4 heterocycles. The molecule has 1 aliphatic heterocycles. The molecule has 0 bridgehead atoms. The lowest BCUT2D eigenvalue weighted by atomic mass is 10.0. The van der Waals surface area contributed by atoms with Gasteiger partial charge in [0, 0.05) is 16.8 Å². The average molecular weight is 505 g/mol. The predicted molar refractivity (Wildman–Crippen MR) is 146 cm³/mol. The summed E-state index contributed by atoms with van der Waals surface area (Å²) in [5, 5.41) is 4.38. The highest BCUT2D eigenvalue weighted by Gasteiger charge is 2.35. The second-order valence-corrected chi connectivity index (χ2v) is 9.44. The number of imidazole rings is 1. The zero-order valence-electron chi connectivity index (χ0n) is 19.9. The van der Waals surface area contributed by atoms with Gasteiger partial charge >= 0.3 is 0 Å². The molecule has 1 N–H and O–H groups in total. The lowest BCUT2D eigenvalue weighted by Gasteiger charge is -2.29. The number of pyridine rings is 1. The molecule has 1 atom stereocenters. The number of fused-ring (bicyclic) bond motifs is 7. The van der Waals surface area contributed by atoms with Crippen LogP contribution in [0.5, 0.6) is 5.75 Å². The summed E-state index contributed by atoms with van der Waals surface area (Å²) in [6.07, 6.45) is 1.64. The fourth-order valence-electron chi connectivity index (χ4n) is 5.24. The minimum Gasteiger partial charge on any atom is -0.497 e. The number of anilines is 1. The first-order chi connectivity index (χ1) is 18.1. The second kappa shape index (κ2) is 8.25. The standard InChI is InChI=1S/C30H21ClN4O2/c1-37-21-15-11-18(12-16-21)28(36)27-26-25(24-8-4-5-17-34(24)27)30-32-22-6-2-3-7-23(22)35(30)29(33-26)19-9-13-20(31)14-10-19/h2-17,29,33H,1H3/t29-/m1/s1. The number of hydrogen-bond acceptors (Lipinski definition) is 4. The van der Waals surface area contributed by atoms with Gasteiger partial charge in [0.05, 0.1) is 34.9 Å². The molecular weight excluding hydrogens is 484 g/mol. The Hall–Kier alpha value is -4.55. The fourth-order valence-corrected chi connectivity index (χ4v) is 5.36. The summed E-state index contributed by atoms with van der Waals surface area (Å²) in [6.45, 7) is 0. The van der Waals surface area contributed by atoms with Crippen LogP contribution < -0.4 is 10.1 Å². The maximum Gasteiger partial charge on any atom is 0.211 e. The summed E-state index contributed by atoms with van der Waals surface area (Å²) in [4.78, 5) is 19.1. The SMILES string of the molecule is COc1ccc(C(=O)c2c3c(c4ccccn24)-c2nc4ccccc4n2[C@H](c2ccc(Cl)cc2)N3)cc1. The number of ketones is 1. The summed E-state index contributed by atoms with van der Waals surface area (Å²) < 4.78 is 9.45. The Morgan fingerprint density at radius 3 is 2.43 bits per heavy atom. The quantitative estimate of drug-likeness (QED) is 0.267. The monoisotopic (exact) mass is 504 g/mol. The van der Waals surface area contributed by atoms with E-state index >= 15 is 0 Å². The van der Waals surface area contributed by atoms with Gasteiger partial charge in [-0.1, -0.05) is 41.9 Å². The lowest BCUT2D eigenvalue weighted by molar-refractivity contribution is 0.103. The van der Waals surface area contributed by atoms with E-state index in [-0.39, 0.29) is 11.9 Å². The van der Waals surface area contributed by atoms with Gasteiger partial charge in [-0.3, -0.25) is 9.36 Å². The number of ether oxygens (including phenoxy) is 1. The zero-order valence-corrected chi connectivity index (χ0v) is 20.6. The van der Waals surface area contributed by atoms with Crippen molar-refractivity contribution in [3.8, 4) is 17.1 Å². The van der Waals surface area contributed by atoms with Gasteiger partial charge in [0.2, 0.25) is 5.78 Å². The highest BCUT2D eigenvalue weighted by atomic mass is 35.5. The maximum absolute atomic E-state index is 14.0. The molecule has 0 aliphatic carbocycles. The average Bonchev–Trinajstić information content (AvgIpc) is 3.49. The smallest absolute Gasteiger partial charge is 0.211 e. The molecule has 3 aromatic carbocycles. The zero-order chi connectivity index (χ0) is 25.1. The minimum absolute atomic E-state index is 0.0861. The normalized spacial score (nSPS) is 14.3. The van der Waals surface area contributed by atoms with E-state index in [0.717, 1.165) is 39.2 Å². The number of halogens is 1. The van der Waals surface area contributed by atoms with Crippen LogP contribution in [0.15, 0.2) is 97.2 Å². The molecule has 37 heavy (non-hydrogen) atoms. The van der Waals surface area contributed by atoms with Gasteiger partial charge < -0.3 is 14.5 Å². The Morgan fingerprint density at radius 2 is 1.65 bits per heavy atom. The number of rotatable bonds is 4. The summed E-state index contributed by atoms with van der Waals surface area (Å²) >= 11 is 6.22. The van der Waals surface area contributed by atoms with Gasteiger partial charge in [-0.05, 0) is 66.2 Å². The van der Waals surface area contributed by atoms with E-state index < -0.39 is 0 Å².